The summed E-state index contributed by atoms with van der Waals surface area (Å²) in [5.74, 6) is 0. The molecule has 0 saturated carbocycles. The summed E-state index contributed by atoms with van der Waals surface area (Å²) in [6.07, 6.45) is 6.67. The molecule has 3 N–H and O–H groups in total. The van der Waals surface area contributed by atoms with Gasteiger partial charge in [0, 0.05) is 49.2 Å². The molecule has 39 heavy (non-hydrogen) atoms. The highest BCUT2D eigenvalue weighted by Gasteiger charge is 2.28. The third-order valence-electron chi connectivity index (χ3n) is 4.33. The van der Waals surface area contributed by atoms with Gasteiger partial charge in [0.15, 0.2) is 9.84 Å². The second kappa shape index (κ2) is 19.3. The fraction of sp³-hybridized carbons (Fsp3) is 0.714. The summed E-state index contributed by atoms with van der Waals surface area (Å²) < 4.78 is 31.5. The van der Waals surface area contributed by atoms with E-state index in [2.05, 4.69) is 45.9 Å². The van der Waals surface area contributed by atoms with Gasteiger partial charge in [-0.3, -0.25) is 18.7 Å². The Balaban J connectivity index is -0.000000500. The Morgan fingerprint density at radius 3 is 1.38 bits per heavy atom. The molecular weight excluding hydrogens is 576 g/mol. The number of rotatable bonds is 9. The van der Waals surface area contributed by atoms with Crippen LogP contribution in [0.4, 0.5) is 14.4 Å². The Labute approximate surface area is 237 Å². The zero-order valence-electron chi connectivity index (χ0n) is 24.5. The number of thioether (sulfide) groups is 1. The van der Waals surface area contributed by atoms with Crippen LogP contribution in [0.25, 0.3) is 0 Å². The monoisotopic (exact) mass is 618 g/mol. The number of carbonyl (C=O) groups excluding carboxylic acids is 3. The molecule has 0 spiro atoms. The van der Waals surface area contributed by atoms with Crippen molar-refractivity contribution in [1.29, 1.82) is 0 Å². The van der Waals surface area contributed by atoms with Crippen LogP contribution >= 0.6 is 11.8 Å². The molecule has 18 heteroatoms. The zero-order chi connectivity index (χ0) is 31.5. The number of nitrogens with zero attached hydrogens (tertiary/aromatic N) is 3. The molecule has 0 aliphatic heterocycles. The van der Waals surface area contributed by atoms with E-state index in [9.17, 15) is 27.0 Å². The summed E-state index contributed by atoms with van der Waals surface area (Å²) in [4.78, 5) is 44.7. The van der Waals surface area contributed by atoms with Gasteiger partial charge in [-0.25, -0.2) is 22.8 Å². The topological polar surface area (TPSA) is 203 Å². The van der Waals surface area contributed by atoms with Crippen LogP contribution in [0.5, 0.6) is 0 Å². The quantitative estimate of drug-likeness (QED) is 0.195. The lowest BCUT2D eigenvalue weighted by Gasteiger charge is -2.15. The van der Waals surface area contributed by atoms with Crippen molar-refractivity contribution in [1.82, 2.24) is 16.0 Å². The van der Waals surface area contributed by atoms with Crippen LogP contribution < -0.4 is 16.0 Å². The van der Waals surface area contributed by atoms with Gasteiger partial charge in [0.2, 0.25) is 0 Å². The molecule has 0 aromatic carbocycles. The first kappa shape index (κ1) is 40.8. The number of hydrogen-bond acceptors (Lipinski definition) is 13. The first-order chi connectivity index (χ1) is 17.6. The van der Waals surface area contributed by atoms with Gasteiger partial charge in [0.1, 0.15) is 4.75 Å². The molecular formula is C21H42N6O9S3. The van der Waals surface area contributed by atoms with Gasteiger partial charge >= 0.3 is 18.3 Å². The van der Waals surface area contributed by atoms with Gasteiger partial charge in [-0.1, -0.05) is 15.5 Å². The molecule has 0 saturated heterocycles. The second-order valence-corrected chi connectivity index (χ2v) is 14.8. The fourth-order valence-electron chi connectivity index (χ4n) is 0.963. The maximum atomic E-state index is 11.2. The number of oxime groups is 3. The van der Waals surface area contributed by atoms with Gasteiger partial charge in [-0.15, -0.1) is 0 Å². The molecule has 0 aromatic rings. The number of hydrogen-bond donors (Lipinski definition) is 3. The van der Waals surface area contributed by atoms with E-state index in [4.69, 9.17) is 0 Å². The van der Waals surface area contributed by atoms with E-state index in [0.29, 0.717) is 0 Å². The van der Waals surface area contributed by atoms with Gasteiger partial charge in [0.05, 0.1) is 23.4 Å². The summed E-state index contributed by atoms with van der Waals surface area (Å²) in [6, 6.07) is 0. The van der Waals surface area contributed by atoms with Gasteiger partial charge in [0.25, 0.3) is 0 Å². The lowest BCUT2D eigenvalue weighted by molar-refractivity contribution is 0.152. The highest BCUT2D eigenvalue weighted by molar-refractivity contribution is 8.00. The number of sulfone groups is 1. The minimum absolute atomic E-state index is 0.103. The third-order valence-corrected chi connectivity index (χ3v) is 9.09. The maximum Gasteiger partial charge on any atom is 0.433 e. The van der Waals surface area contributed by atoms with Crippen LogP contribution in [0.3, 0.4) is 0 Å². The molecule has 15 nitrogen and oxygen atoms in total. The summed E-state index contributed by atoms with van der Waals surface area (Å²) >= 11 is 1.63. The molecule has 0 aliphatic rings. The molecule has 1 atom stereocenters. The SMILES string of the molecule is CNC(=O)O/N=C/C(C)(C)S(C)(=O)=O.CNC(=O)O/N=C/C(C)(C)S(C)=O.CNC(=O)O/N=C/C(C)(C)SC. The van der Waals surface area contributed by atoms with E-state index in [1.165, 1.54) is 41.2 Å². The minimum Gasteiger partial charge on any atom is -0.323 e. The predicted octanol–water partition coefficient (Wildman–Crippen LogP) is 2.11. The van der Waals surface area contributed by atoms with E-state index in [1.807, 2.05) is 20.1 Å². The average molecular weight is 619 g/mol. The zero-order valence-corrected chi connectivity index (χ0v) is 26.9. The summed E-state index contributed by atoms with van der Waals surface area (Å²) in [6.45, 7) is 10.3. The van der Waals surface area contributed by atoms with Crippen molar-refractivity contribution in [2.45, 2.75) is 55.8 Å². The first-order valence-corrected chi connectivity index (χ1v) is 15.7. The summed E-state index contributed by atoms with van der Waals surface area (Å²) in [5, 5.41) is 16.9. The average Bonchev–Trinajstić information content (AvgIpc) is 2.83. The van der Waals surface area contributed by atoms with Crippen LogP contribution in [0.15, 0.2) is 15.5 Å². The summed E-state index contributed by atoms with van der Waals surface area (Å²) in [5.41, 5.74) is 0. The Bertz CT molecular complexity index is 995. The lowest BCUT2D eigenvalue weighted by Crippen LogP contribution is -2.32. The minimum atomic E-state index is -3.27. The second-order valence-electron chi connectivity index (χ2n) is 8.83. The normalized spacial score (nSPS) is 12.9. The van der Waals surface area contributed by atoms with Crippen molar-refractivity contribution in [2.75, 3.05) is 39.9 Å². The van der Waals surface area contributed by atoms with Crippen LogP contribution in [0.1, 0.15) is 41.5 Å². The highest BCUT2D eigenvalue weighted by atomic mass is 32.2. The van der Waals surface area contributed by atoms with Crippen molar-refractivity contribution in [2.24, 2.45) is 15.5 Å². The van der Waals surface area contributed by atoms with E-state index in [1.54, 1.807) is 38.1 Å². The molecule has 0 fully saturated rings. The van der Waals surface area contributed by atoms with Crippen LogP contribution in [-0.2, 0) is 35.1 Å². The Hall–Kier alpha value is -2.73. The number of carbonyl (C=O) groups is 3. The molecule has 0 bridgehead atoms. The lowest BCUT2D eigenvalue weighted by atomic mass is 10.2. The number of nitrogens with one attached hydrogen (secondary N) is 3. The van der Waals surface area contributed by atoms with E-state index >= 15 is 0 Å². The van der Waals surface area contributed by atoms with Crippen molar-refractivity contribution in [3.8, 4) is 0 Å². The van der Waals surface area contributed by atoms with Crippen LogP contribution in [0.2, 0.25) is 0 Å². The van der Waals surface area contributed by atoms with Crippen molar-refractivity contribution in [3.63, 3.8) is 0 Å². The maximum absolute atomic E-state index is 11.2. The fourth-order valence-corrected chi connectivity index (χ4v) is 1.54. The number of amides is 3. The Morgan fingerprint density at radius 1 is 0.769 bits per heavy atom. The van der Waals surface area contributed by atoms with E-state index in [0.717, 1.165) is 12.5 Å². The standard InChI is InChI=1S/C7H14N2O4S.C7H14N2O3S.C7H14N2O2S/c1-7(2,14(4,11)12)5-9-13-6(10)8-3;1-7(2,13(4)11)5-9-12-6(10)8-3;1-7(2,12-4)5-9-11-6(10)8-3/h5H,1-4H3,(H,8,10);5H,1-4H3,(H,8,10);5H,1-4H3,(H,8,10)/b3*9-5+. The molecule has 1 unspecified atom stereocenters. The van der Waals surface area contributed by atoms with Crippen molar-refractivity contribution < 1.29 is 41.5 Å². The van der Waals surface area contributed by atoms with Crippen LogP contribution in [-0.4, -0.2) is 104 Å². The largest absolute Gasteiger partial charge is 0.433 e. The van der Waals surface area contributed by atoms with E-state index in [-0.39, 0.29) is 4.75 Å². The highest BCUT2D eigenvalue weighted by Crippen LogP contribution is 2.18. The van der Waals surface area contributed by atoms with Gasteiger partial charge in [-0.05, 0) is 47.8 Å². The third kappa shape index (κ3) is 21.8. The van der Waals surface area contributed by atoms with Crippen molar-refractivity contribution >= 4 is 69.3 Å². The molecule has 0 aliphatic carbocycles. The van der Waals surface area contributed by atoms with Crippen LogP contribution in [0, 0.1) is 0 Å². The first-order valence-electron chi connectivity index (χ1n) is 11.0. The van der Waals surface area contributed by atoms with Crippen molar-refractivity contribution in [3.05, 3.63) is 0 Å². The predicted molar refractivity (Wildman–Crippen MR) is 157 cm³/mol. The molecule has 0 heterocycles. The van der Waals surface area contributed by atoms with Gasteiger partial charge < -0.3 is 16.0 Å². The molecule has 0 aromatic heterocycles. The van der Waals surface area contributed by atoms with E-state index < -0.39 is 48.4 Å². The molecule has 3 amide bonds. The molecule has 0 radical (unpaired) electrons. The molecule has 0 rings (SSSR count). The Kier molecular flexibility index (Phi) is 20.2. The molecule has 228 valence electrons. The van der Waals surface area contributed by atoms with Gasteiger partial charge in [-0.2, -0.15) is 11.8 Å². The summed E-state index contributed by atoms with van der Waals surface area (Å²) in [7, 11) is -0.0318. The Morgan fingerprint density at radius 2 is 1.10 bits per heavy atom. The smallest absolute Gasteiger partial charge is 0.323 e.